The molecule has 0 saturated carbocycles. The molecule has 0 aliphatic heterocycles. The van der Waals surface area contributed by atoms with E-state index in [0.717, 1.165) is 0 Å². The Morgan fingerprint density at radius 1 is 0.522 bits per heavy atom. The van der Waals surface area contributed by atoms with E-state index in [0.29, 0.717) is 0 Å². The Bertz CT molecular complexity index is 765. The summed E-state index contributed by atoms with van der Waals surface area (Å²) in [6, 6.07) is 19.7. The van der Waals surface area contributed by atoms with Crippen LogP contribution in [0.3, 0.4) is 0 Å². The van der Waals surface area contributed by atoms with E-state index in [2.05, 4.69) is 91.5 Å². The van der Waals surface area contributed by atoms with Gasteiger partial charge in [0.1, 0.15) is 0 Å². The van der Waals surface area contributed by atoms with Crippen molar-refractivity contribution < 1.29 is 0 Å². The fourth-order valence-corrected chi connectivity index (χ4v) is 3.96. The van der Waals surface area contributed by atoms with Gasteiger partial charge in [-0.2, -0.15) is 0 Å². The molecule has 23 heavy (non-hydrogen) atoms. The first kappa shape index (κ1) is 16.0. The van der Waals surface area contributed by atoms with E-state index < -0.39 is 0 Å². The molecule has 3 rings (SSSR count). The van der Waals surface area contributed by atoms with Gasteiger partial charge >= 0.3 is 0 Å². The molecule has 0 nitrogen and oxygen atoms in total. The average molecular weight is 318 g/mol. The quantitative estimate of drug-likeness (QED) is 0.527. The molecule has 0 aliphatic rings. The zero-order valence-corrected chi connectivity index (χ0v) is 15.4. The van der Waals surface area contributed by atoms with Gasteiger partial charge in [-0.25, -0.2) is 0 Å². The second-order valence-electron chi connectivity index (χ2n) is 6.30. The molecule has 0 N–H and O–H groups in total. The van der Waals surface area contributed by atoms with E-state index in [9.17, 15) is 0 Å². The molecule has 0 radical (unpaired) electrons. The lowest BCUT2D eigenvalue weighted by atomic mass is 9.90. The average Bonchev–Trinajstić information content (AvgIpc) is 2.50. The molecule has 3 aromatic rings. The van der Waals surface area contributed by atoms with Crippen LogP contribution in [-0.2, 0) is 0 Å². The zero-order chi connectivity index (χ0) is 16.6. The van der Waals surface area contributed by atoms with Gasteiger partial charge in [0.25, 0.3) is 0 Å². The minimum absolute atomic E-state index is 1.28. The van der Waals surface area contributed by atoms with Crippen LogP contribution in [0.5, 0.6) is 0 Å². The van der Waals surface area contributed by atoms with E-state index in [-0.39, 0.29) is 0 Å². The molecule has 0 bridgehead atoms. The fourth-order valence-electron chi connectivity index (χ4n) is 3.48. The molecule has 0 fully saturated rings. The van der Waals surface area contributed by atoms with Gasteiger partial charge in [0.2, 0.25) is 0 Å². The van der Waals surface area contributed by atoms with Gasteiger partial charge in [-0.1, -0.05) is 54.6 Å². The molecule has 0 aromatic heterocycles. The zero-order valence-electron chi connectivity index (χ0n) is 14.3. The maximum Gasteiger partial charge on any atom is -0.0101 e. The lowest BCUT2D eigenvalue weighted by Crippen LogP contribution is -2.05. The van der Waals surface area contributed by atoms with Crippen LogP contribution < -0.4 is 5.30 Å². The Morgan fingerprint density at radius 2 is 0.826 bits per heavy atom. The van der Waals surface area contributed by atoms with Crippen molar-refractivity contribution in [2.75, 3.05) is 0 Å². The summed E-state index contributed by atoms with van der Waals surface area (Å²) in [6.45, 7) is 8.77. The van der Waals surface area contributed by atoms with Crippen LogP contribution >= 0.6 is 9.24 Å². The van der Waals surface area contributed by atoms with Gasteiger partial charge in [0, 0.05) is 0 Å². The molecule has 0 aliphatic carbocycles. The van der Waals surface area contributed by atoms with Crippen molar-refractivity contribution >= 4 is 14.5 Å². The maximum atomic E-state index is 2.98. The highest BCUT2D eigenvalue weighted by Crippen LogP contribution is 2.33. The molecule has 0 heterocycles. The summed E-state index contributed by atoms with van der Waals surface area (Å²) in [5, 5.41) is 1.28. The largest absolute Gasteiger partial charge is 0.104 e. The summed E-state index contributed by atoms with van der Waals surface area (Å²) in [7, 11) is 2.98. The van der Waals surface area contributed by atoms with Crippen LogP contribution in [0.2, 0.25) is 0 Å². The Balaban J connectivity index is 2.29. The van der Waals surface area contributed by atoms with Crippen LogP contribution in [0.4, 0.5) is 0 Å². The first-order valence-corrected chi connectivity index (χ1v) is 8.60. The summed E-state index contributed by atoms with van der Waals surface area (Å²) in [5.74, 6) is 0. The molecule has 0 saturated heterocycles. The van der Waals surface area contributed by atoms with Crippen molar-refractivity contribution in [3.8, 4) is 22.3 Å². The third kappa shape index (κ3) is 2.84. The molecule has 0 amide bonds. The van der Waals surface area contributed by atoms with Crippen LogP contribution in [0, 0.1) is 27.7 Å². The number of hydrogen-bond donors (Lipinski definition) is 0. The van der Waals surface area contributed by atoms with Gasteiger partial charge in [-0.05, 0) is 77.5 Å². The van der Waals surface area contributed by atoms with Gasteiger partial charge in [0.05, 0.1) is 0 Å². The van der Waals surface area contributed by atoms with Crippen molar-refractivity contribution in [1.82, 2.24) is 0 Å². The highest BCUT2D eigenvalue weighted by Gasteiger charge is 2.14. The molecule has 3 aromatic carbocycles. The molecular formula is C22H23P. The topological polar surface area (TPSA) is 0 Å². The van der Waals surface area contributed by atoms with Gasteiger partial charge < -0.3 is 0 Å². The fraction of sp³-hybridized carbons (Fsp3) is 0.182. The monoisotopic (exact) mass is 318 g/mol. The van der Waals surface area contributed by atoms with Crippen molar-refractivity contribution in [3.63, 3.8) is 0 Å². The molecule has 1 atom stereocenters. The molecule has 1 unspecified atom stereocenters. The Labute approximate surface area is 141 Å². The molecule has 116 valence electrons. The smallest absolute Gasteiger partial charge is 0.0101 e. The third-order valence-electron chi connectivity index (χ3n) is 4.61. The first-order chi connectivity index (χ1) is 11.0. The summed E-state index contributed by atoms with van der Waals surface area (Å²) in [6.07, 6.45) is 0. The van der Waals surface area contributed by atoms with Crippen LogP contribution in [-0.4, -0.2) is 0 Å². The Morgan fingerprint density at radius 3 is 1.17 bits per heavy atom. The van der Waals surface area contributed by atoms with E-state index >= 15 is 0 Å². The highest BCUT2D eigenvalue weighted by molar-refractivity contribution is 7.28. The van der Waals surface area contributed by atoms with Crippen molar-refractivity contribution in [2.45, 2.75) is 27.7 Å². The van der Waals surface area contributed by atoms with Crippen LogP contribution in [0.15, 0.2) is 54.6 Å². The second kappa shape index (κ2) is 6.30. The number of aryl methyl sites for hydroxylation is 4. The molecule has 0 spiro atoms. The summed E-state index contributed by atoms with van der Waals surface area (Å²) >= 11 is 0. The summed E-state index contributed by atoms with van der Waals surface area (Å²) in [5.41, 5.74) is 10.6. The predicted molar refractivity (Wildman–Crippen MR) is 106 cm³/mol. The van der Waals surface area contributed by atoms with Crippen LogP contribution in [0.1, 0.15) is 22.3 Å². The SMILES string of the molecule is Cc1cccc(C)c1-c1cccc(-c2c(C)cccc2C)c1P. The lowest BCUT2D eigenvalue weighted by molar-refractivity contribution is 1.37. The second-order valence-corrected chi connectivity index (χ2v) is 6.88. The minimum Gasteiger partial charge on any atom is -0.104 e. The minimum atomic E-state index is 1.28. The van der Waals surface area contributed by atoms with E-state index in [1.54, 1.807) is 0 Å². The van der Waals surface area contributed by atoms with Gasteiger partial charge in [-0.15, -0.1) is 9.24 Å². The van der Waals surface area contributed by atoms with Crippen LogP contribution in [0.25, 0.3) is 22.3 Å². The standard InChI is InChI=1S/C22H23P/c1-14-8-5-9-15(2)20(14)18-12-7-13-19(22(18)23)21-16(3)10-6-11-17(21)4/h5-13H,23H2,1-4H3. The van der Waals surface area contributed by atoms with Crippen molar-refractivity contribution in [3.05, 3.63) is 76.9 Å². The third-order valence-corrected chi connectivity index (χ3v) is 5.23. The highest BCUT2D eigenvalue weighted by atomic mass is 31.0. The van der Waals surface area contributed by atoms with E-state index in [4.69, 9.17) is 0 Å². The summed E-state index contributed by atoms with van der Waals surface area (Å²) < 4.78 is 0. The maximum absolute atomic E-state index is 2.98. The molecular weight excluding hydrogens is 295 g/mol. The van der Waals surface area contributed by atoms with Gasteiger partial charge in [0.15, 0.2) is 0 Å². The summed E-state index contributed by atoms with van der Waals surface area (Å²) in [4.78, 5) is 0. The number of hydrogen-bond acceptors (Lipinski definition) is 0. The van der Waals surface area contributed by atoms with E-state index in [1.165, 1.54) is 49.8 Å². The number of rotatable bonds is 2. The number of benzene rings is 3. The Kier molecular flexibility index (Phi) is 4.37. The normalized spacial score (nSPS) is 10.8. The Hall–Kier alpha value is -1.91. The van der Waals surface area contributed by atoms with E-state index in [1.807, 2.05) is 0 Å². The van der Waals surface area contributed by atoms with Gasteiger partial charge in [-0.3, -0.25) is 0 Å². The first-order valence-electron chi connectivity index (χ1n) is 8.02. The van der Waals surface area contributed by atoms with Crippen molar-refractivity contribution in [1.29, 1.82) is 0 Å². The lowest BCUT2D eigenvalue weighted by Gasteiger charge is -2.18. The molecule has 1 heteroatoms. The predicted octanol–water partition coefficient (Wildman–Crippen LogP) is 5.75. The van der Waals surface area contributed by atoms with Crippen molar-refractivity contribution in [2.24, 2.45) is 0 Å².